The van der Waals surface area contributed by atoms with Crippen LogP contribution in [0.25, 0.3) is 0 Å². The van der Waals surface area contributed by atoms with Crippen LogP contribution in [0.3, 0.4) is 0 Å². The lowest BCUT2D eigenvalue weighted by Crippen LogP contribution is -2.28. The van der Waals surface area contributed by atoms with Crippen LogP contribution in [-0.2, 0) is 6.42 Å². The predicted molar refractivity (Wildman–Crippen MR) is 74.7 cm³/mol. The Morgan fingerprint density at radius 2 is 1.61 bits per heavy atom. The number of nitrogens with zero attached hydrogens (tertiary/aromatic N) is 2. The van der Waals surface area contributed by atoms with Gasteiger partial charge in [0.05, 0.1) is 28.4 Å². The van der Waals surface area contributed by atoms with E-state index in [4.69, 9.17) is 0 Å². The topological polar surface area (TPSA) is 46.0 Å². The van der Waals surface area contributed by atoms with E-state index in [1.807, 2.05) is 27.7 Å². The van der Waals surface area contributed by atoms with Crippen molar-refractivity contribution in [2.24, 2.45) is 0 Å². The van der Waals surface area contributed by atoms with Crippen LogP contribution in [0.5, 0.6) is 0 Å². The van der Waals surface area contributed by atoms with Crippen LogP contribution in [0, 0.1) is 20.8 Å². The van der Waals surface area contributed by atoms with Gasteiger partial charge in [0, 0.05) is 6.42 Å². The Labute approximate surface area is 111 Å². The molecule has 0 aliphatic carbocycles. The molecular weight excluding hydrogens is 224 g/mol. The van der Waals surface area contributed by atoms with Crippen molar-refractivity contribution >= 4 is 0 Å². The highest BCUT2D eigenvalue weighted by molar-refractivity contribution is 5.19. The largest absolute Gasteiger partial charge is 0.390 e. The van der Waals surface area contributed by atoms with Gasteiger partial charge in [0.1, 0.15) is 0 Å². The van der Waals surface area contributed by atoms with Crippen molar-refractivity contribution in [3.8, 4) is 0 Å². The molecule has 0 saturated carbocycles. The van der Waals surface area contributed by atoms with E-state index in [-0.39, 0.29) is 0 Å². The Kier molecular flexibility index (Phi) is 5.27. The van der Waals surface area contributed by atoms with Crippen molar-refractivity contribution in [3.63, 3.8) is 0 Å². The molecule has 0 aliphatic heterocycles. The molecular formula is C15H26N2O. The van der Waals surface area contributed by atoms with Gasteiger partial charge in [0.15, 0.2) is 0 Å². The highest BCUT2D eigenvalue weighted by Crippen LogP contribution is 2.21. The number of aliphatic hydroxyl groups is 1. The van der Waals surface area contributed by atoms with E-state index in [1.54, 1.807) is 0 Å². The molecule has 1 unspecified atom stereocenters. The molecule has 0 radical (unpaired) electrons. The minimum atomic E-state index is -0.670. The zero-order chi connectivity index (χ0) is 13.8. The Balaban J connectivity index is 2.74. The van der Waals surface area contributed by atoms with E-state index < -0.39 is 5.60 Å². The molecule has 1 aromatic rings. The SMILES string of the molecule is CCCCCC(C)(O)Cc1nc(C)c(C)nc1C. The lowest BCUT2D eigenvalue weighted by Gasteiger charge is -2.23. The summed E-state index contributed by atoms with van der Waals surface area (Å²) >= 11 is 0. The maximum absolute atomic E-state index is 10.4. The number of hydrogen-bond donors (Lipinski definition) is 1. The molecule has 1 aromatic heterocycles. The zero-order valence-corrected chi connectivity index (χ0v) is 12.4. The fourth-order valence-electron chi connectivity index (χ4n) is 2.13. The maximum Gasteiger partial charge on any atom is 0.0675 e. The molecule has 0 aliphatic rings. The van der Waals surface area contributed by atoms with Gasteiger partial charge in [0.25, 0.3) is 0 Å². The summed E-state index contributed by atoms with van der Waals surface area (Å²) in [5.74, 6) is 0. The molecule has 1 atom stereocenters. The summed E-state index contributed by atoms with van der Waals surface area (Å²) < 4.78 is 0. The van der Waals surface area contributed by atoms with Gasteiger partial charge < -0.3 is 5.11 Å². The number of aryl methyl sites for hydroxylation is 3. The third-order valence-corrected chi connectivity index (χ3v) is 3.45. The molecule has 3 nitrogen and oxygen atoms in total. The third-order valence-electron chi connectivity index (χ3n) is 3.45. The van der Waals surface area contributed by atoms with E-state index in [0.29, 0.717) is 6.42 Å². The standard InChI is InChI=1S/C15H26N2O/c1-6-7-8-9-15(5,18)10-14-13(4)16-11(2)12(3)17-14/h18H,6-10H2,1-5H3. The van der Waals surface area contributed by atoms with Crippen molar-refractivity contribution in [2.45, 2.75) is 72.3 Å². The van der Waals surface area contributed by atoms with Crippen LogP contribution in [-0.4, -0.2) is 20.7 Å². The maximum atomic E-state index is 10.4. The highest BCUT2D eigenvalue weighted by atomic mass is 16.3. The van der Waals surface area contributed by atoms with Crippen LogP contribution in [0.4, 0.5) is 0 Å². The van der Waals surface area contributed by atoms with Crippen LogP contribution in [0.1, 0.15) is 62.3 Å². The second-order valence-corrected chi connectivity index (χ2v) is 5.56. The molecule has 1 N–H and O–H groups in total. The van der Waals surface area contributed by atoms with Crippen molar-refractivity contribution in [1.29, 1.82) is 0 Å². The van der Waals surface area contributed by atoms with E-state index in [0.717, 1.165) is 35.6 Å². The first-order chi connectivity index (χ1) is 8.35. The first-order valence-electron chi connectivity index (χ1n) is 6.89. The predicted octanol–water partition coefficient (Wildman–Crippen LogP) is 3.28. The first kappa shape index (κ1) is 15.1. The Morgan fingerprint density at radius 3 is 2.22 bits per heavy atom. The number of aromatic nitrogens is 2. The molecule has 0 spiro atoms. The van der Waals surface area contributed by atoms with Crippen molar-refractivity contribution in [1.82, 2.24) is 9.97 Å². The van der Waals surface area contributed by atoms with Crippen molar-refractivity contribution in [2.75, 3.05) is 0 Å². The molecule has 18 heavy (non-hydrogen) atoms. The fraction of sp³-hybridized carbons (Fsp3) is 0.733. The molecule has 0 amide bonds. The number of rotatable bonds is 6. The minimum Gasteiger partial charge on any atom is -0.390 e. The van der Waals surface area contributed by atoms with Gasteiger partial charge in [-0.25, -0.2) is 0 Å². The first-order valence-corrected chi connectivity index (χ1v) is 6.89. The normalized spacial score (nSPS) is 14.6. The zero-order valence-electron chi connectivity index (χ0n) is 12.4. The molecule has 1 rings (SSSR count). The Bertz CT molecular complexity index is 400. The Hall–Kier alpha value is -0.960. The summed E-state index contributed by atoms with van der Waals surface area (Å²) in [7, 11) is 0. The lowest BCUT2D eigenvalue weighted by molar-refractivity contribution is 0.0473. The van der Waals surface area contributed by atoms with E-state index in [9.17, 15) is 5.11 Å². The average molecular weight is 250 g/mol. The quantitative estimate of drug-likeness (QED) is 0.788. The molecule has 0 saturated heterocycles. The Morgan fingerprint density at radius 1 is 1.00 bits per heavy atom. The van der Waals surface area contributed by atoms with Crippen LogP contribution in [0.2, 0.25) is 0 Å². The van der Waals surface area contributed by atoms with Gasteiger partial charge in [-0.05, 0) is 34.1 Å². The molecule has 3 heteroatoms. The van der Waals surface area contributed by atoms with Gasteiger partial charge in [-0.15, -0.1) is 0 Å². The van der Waals surface area contributed by atoms with Crippen LogP contribution >= 0.6 is 0 Å². The fourth-order valence-corrected chi connectivity index (χ4v) is 2.13. The van der Waals surface area contributed by atoms with Gasteiger partial charge in [-0.2, -0.15) is 0 Å². The minimum absolute atomic E-state index is 0.594. The second kappa shape index (κ2) is 6.28. The summed E-state index contributed by atoms with van der Waals surface area (Å²) in [5.41, 5.74) is 3.13. The summed E-state index contributed by atoms with van der Waals surface area (Å²) in [6.07, 6.45) is 4.85. The summed E-state index contributed by atoms with van der Waals surface area (Å²) in [6, 6.07) is 0. The van der Waals surface area contributed by atoms with Gasteiger partial charge >= 0.3 is 0 Å². The molecule has 102 valence electrons. The molecule has 0 fully saturated rings. The van der Waals surface area contributed by atoms with Gasteiger partial charge in [-0.1, -0.05) is 26.2 Å². The van der Waals surface area contributed by atoms with Crippen LogP contribution in [0.15, 0.2) is 0 Å². The van der Waals surface area contributed by atoms with E-state index in [1.165, 1.54) is 12.8 Å². The molecule has 1 heterocycles. The lowest BCUT2D eigenvalue weighted by atomic mass is 9.92. The number of hydrogen-bond acceptors (Lipinski definition) is 3. The molecule has 0 bridgehead atoms. The summed E-state index contributed by atoms with van der Waals surface area (Å²) in [6.45, 7) is 9.99. The summed E-state index contributed by atoms with van der Waals surface area (Å²) in [4.78, 5) is 9.04. The second-order valence-electron chi connectivity index (χ2n) is 5.56. The van der Waals surface area contributed by atoms with Crippen LogP contribution < -0.4 is 0 Å². The number of unbranched alkanes of at least 4 members (excludes halogenated alkanes) is 2. The summed E-state index contributed by atoms with van der Waals surface area (Å²) in [5, 5.41) is 10.4. The smallest absolute Gasteiger partial charge is 0.0675 e. The highest BCUT2D eigenvalue weighted by Gasteiger charge is 2.22. The third kappa shape index (κ3) is 4.37. The van der Waals surface area contributed by atoms with Gasteiger partial charge in [0.2, 0.25) is 0 Å². The van der Waals surface area contributed by atoms with Gasteiger partial charge in [-0.3, -0.25) is 9.97 Å². The van der Waals surface area contributed by atoms with E-state index in [2.05, 4.69) is 16.9 Å². The van der Waals surface area contributed by atoms with Crippen molar-refractivity contribution in [3.05, 3.63) is 22.8 Å². The monoisotopic (exact) mass is 250 g/mol. The average Bonchev–Trinajstić information content (AvgIpc) is 2.26. The molecule has 0 aromatic carbocycles. The van der Waals surface area contributed by atoms with E-state index >= 15 is 0 Å². The van der Waals surface area contributed by atoms with Crippen molar-refractivity contribution < 1.29 is 5.11 Å².